The molecular weight excluding hydrogens is 300 g/mol. The third-order valence-electron chi connectivity index (χ3n) is 3.17. The van der Waals surface area contributed by atoms with Crippen LogP contribution in [0.1, 0.15) is 18.2 Å². The molecule has 118 valence electrons. The Hall–Kier alpha value is -1.95. The van der Waals surface area contributed by atoms with Crippen molar-refractivity contribution in [1.29, 1.82) is 0 Å². The first-order valence-electron chi connectivity index (χ1n) is 7.07. The predicted octanol–water partition coefficient (Wildman–Crippen LogP) is 3.29. The van der Waals surface area contributed by atoms with Gasteiger partial charge in [-0.05, 0) is 43.7 Å². The van der Waals surface area contributed by atoms with Gasteiger partial charge in [-0.3, -0.25) is 4.79 Å². The number of hydrogen-bond acceptors (Lipinski definition) is 5. The molecule has 1 N–H and O–H groups in total. The lowest BCUT2D eigenvalue weighted by atomic mass is 10.2. The number of nitrogens with one attached hydrogen (secondary N) is 1. The molecule has 0 saturated carbocycles. The average molecular weight is 320 g/mol. The third kappa shape index (κ3) is 4.80. The number of amides is 1. The molecule has 6 heteroatoms. The molecule has 2 rings (SSSR count). The van der Waals surface area contributed by atoms with Crippen LogP contribution in [0.3, 0.4) is 0 Å². The van der Waals surface area contributed by atoms with E-state index in [0.29, 0.717) is 11.6 Å². The van der Waals surface area contributed by atoms with Gasteiger partial charge in [-0.25, -0.2) is 0 Å². The second-order valence-electron chi connectivity index (χ2n) is 4.92. The van der Waals surface area contributed by atoms with Gasteiger partial charge in [0.1, 0.15) is 11.5 Å². The van der Waals surface area contributed by atoms with Gasteiger partial charge in [0.15, 0.2) is 5.82 Å². The van der Waals surface area contributed by atoms with Gasteiger partial charge in [-0.2, -0.15) is 0 Å². The zero-order valence-electron chi connectivity index (χ0n) is 13.0. The summed E-state index contributed by atoms with van der Waals surface area (Å²) in [5, 5.41) is 6.36. The highest BCUT2D eigenvalue weighted by atomic mass is 32.2. The predicted molar refractivity (Wildman–Crippen MR) is 88.5 cm³/mol. The molecule has 0 radical (unpaired) electrons. The number of hydrogen-bond donors (Lipinski definition) is 1. The third-order valence-corrected chi connectivity index (χ3v) is 4.32. The van der Waals surface area contributed by atoms with Crippen molar-refractivity contribution in [3.63, 3.8) is 0 Å². The Morgan fingerprint density at radius 3 is 2.73 bits per heavy atom. The van der Waals surface area contributed by atoms with Crippen LogP contribution >= 0.6 is 11.8 Å². The van der Waals surface area contributed by atoms with E-state index in [0.717, 1.165) is 17.9 Å². The molecule has 0 spiro atoms. The molecule has 5 nitrogen and oxygen atoms in total. The van der Waals surface area contributed by atoms with Crippen LogP contribution in [-0.4, -0.2) is 29.2 Å². The van der Waals surface area contributed by atoms with Crippen molar-refractivity contribution < 1.29 is 14.1 Å². The van der Waals surface area contributed by atoms with E-state index >= 15 is 0 Å². The highest BCUT2D eigenvalue weighted by molar-refractivity contribution is 8.00. The topological polar surface area (TPSA) is 64.4 Å². The van der Waals surface area contributed by atoms with E-state index in [9.17, 15) is 4.79 Å². The number of methoxy groups -OCH3 is 1. The fourth-order valence-electron chi connectivity index (χ4n) is 1.87. The van der Waals surface area contributed by atoms with Crippen LogP contribution in [0.5, 0.6) is 5.75 Å². The maximum atomic E-state index is 12.0. The summed E-state index contributed by atoms with van der Waals surface area (Å²) in [4.78, 5) is 12.0. The number of carbonyl (C=O) groups is 1. The number of aromatic nitrogens is 1. The van der Waals surface area contributed by atoms with Gasteiger partial charge in [0, 0.05) is 6.07 Å². The van der Waals surface area contributed by atoms with Crippen LogP contribution < -0.4 is 10.1 Å². The number of benzene rings is 1. The average Bonchev–Trinajstić information content (AvgIpc) is 2.93. The SMILES string of the molecule is COc1ccc(CCS[C@@H](C)C(=O)Nc2cc(C)on2)cc1. The van der Waals surface area contributed by atoms with Crippen molar-refractivity contribution in [3.05, 3.63) is 41.7 Å². The number of aryl methyl sites for hydroxylation is 2. The second-order valence-corrected chi connectivity index (χ2v) is 6.37. The largest absolute Gasteiger partial charge is 0.497 e. The van der Waals surface area contributed by atoms with Gasteiger partial charge in [-0.1, -0.05) is 17.3 Å². The van der Waals surface area contributed by atoms with E-state index in [4.69, 9.17) is 9.26 Å². The van der Waals surface area contributed by atoms with Crippen LogP contribution in [0.15, 0.2) is 34.9 Å². The maximum absolute atomic E-state index is 12.0. The lowest BCUT2D eigenvalue weighted by Gasteiger charge is -2.10. The van der Waals surface area contributed by atoms with Gasteiger partial charge in [0.2, 0.25) is 5.91 Å². The second kappa shape index (κ2) is 7.89. The molecule has 0 saturated heterocycles. The summed E-state index contributed by atoms with van der Waals surface area (Å²) in [5.41, 5.74) is 1.23. The molecule has 1 heterocycles. The van der Waals surface area contributed by atoms with Gasteiger partial charge in [-0.15, -0.1) is 11.8 Å². The Bertz CT molecular complexity index is 610. The molecule has 0 aliphatic heterocycles. The number of anilines is 1. The Morgan fingerprint density at radius 2 is 2.14 bits per heavy atom. The molecule has 0 fully saturated rings. The molecule has 1 aromatic heterocycles. The van der Waals surface area contributed by atoms with E-state index < -0.39 is 0 Å². The molecule has 0 aliphatic carbocycles. The smallest absolute Gasteiger partial charge is 0.238 e. The van der Waals surface area contributed by atoms with Crippen LogP contribution in [0.4, 0.5) is 5.82 Å². The van der Waals surface area contributed by atoms with Crippen LogP contribution in [0.25, 0.3) is 0 Å². The van der Waals surface area contributed by atoms with Gasteiger partial charge >= 0.3 is 0 Å². The minimum atomic E-state index is -0.143. The number of nitrogens with zero attached hydrogens (tertiary/aromatic N) is 1. The zero-order valence-corrected chi connectivity index (χ0v) is 13.8. The Balaban J connectivity index is 1.74. The van der Waals surface area contributed by atoms with Crippen LogP contribution in [0, 0.1) is 6.92 Å². The minimum Gasteiger partial charge on any atom is -0.497 e. The first-order chi connectivity index (χ1) is 10.6. The molecule has 2 aromatic rings. The lowest BCUT2D eigenvalue weighted by Crippen LogP contribution is -2.23. The van der Waals surface area contributed by atoms with Gasteiger partial charge < -0.3 is 14.6 Å². The Labute approximate surface area is 134 Å². The summed E-state index contributed by atoms with van der Waals surface area (Å²) in [7, 11) is 1.65. The van der Waals surface area contributed by atoms with E-state index in [1.165, 1.54) is 5.56 Å². The molecule has 1 amide bonds. The molecule has 1 atom stereocenters. The highest BCUT2D eigenvalue weighted by Crippen LogP contribution is 2.17. The first-order valence-corrected chi connectivity index (χ1v) is 8.12. The van der Waals surface area contributed by atoms with Crippen LogP contribution in [0.2, 0.25) is 0 Å². The summed E-state index contributed by atoms with van der Waals surface area (Å²) >= 11 is 1.61. The summed E-state index contributed by atoms with van der Waals surface area (Å²) in [6, 6.07) is 9.68. The first kappa shape index (κ1) is 16.4. The minimum absolute atomic E-state index is 0.0620. The summed E-state index contributed by atoms with van der Waals surface area (Å²) < 4.78 is 10.1. The lowest BCUT2D eigenvalue weighted by molar-refractivity contribution is -0.115. The number of carbonyl (C=O) groups excluding carboxylic acids is 1. The normalized spacial score (nSPS) is 12.0. The molecule has 1 aromatic carbocycles. The Morgan fingerprint density at radius 1 is 1.41 bits per heavy atom. The molecular formula is C16H20N2O3S. The van der Waals surface area contributed by atoms with Crippen molar-refractivity contribution in [2.75, 3.05) is 18.2 Å². The van der Waals surface area contributed by atoms with Crippen molar-refractivity contribution >= 4 is 23.5 Å². The summed E-state index contributed by atoms with van der Waals surface area (Å²) in [6.45, 7) is 3.68. The number of thioether (sulfide) groups is 1. The van der Waals surface area contributed by atoms with Crippen molar-refractivity contribution in [3.8, 4) is 5.75 Å². The van der Waals surface area contributed by atoms with E-state index in [2.05, 4.69) is 10.5 Å². The number of ether oxygens (including phenoxy) is 1. The summed E-state index contributed by atoms with van der Waals surface area (Å²) in [5.74, 6) is 2.80. The van der Waals surface area contributed by atoms with E-state index in [1.807, 2.05) is 31.2 Å². The quantitative estimate of drug-likeness (QED) is 0.848. The fourth-order valence-corrected chi connectivity index (χ4v) is 2.79. The molecule has 0 aliphatic rings. The zero-order chi connectivity index (χ0) is 15.9. The Kier molecular flexibility index (Phi) is 5.89. The van der Waals surface area contributed by atoms with Gasteiger partial charge in [0.25, 0.3) is 0 Å². The maximum Gasteiger partial charge on any atom is 0.238 e. The van der Waals surface area contributed by atoms with Crippen molar-refractivity contribution in [2.24, 2.45) is 0 Å². The number of rotatable bonds is 7. The molecule has 0 bridgehead atoms. The van der Waals surface area contributed by atoms with Crippen molar-refractivity contribution in [1.82, 2.24) is 5.16 Å². The standard InChI is InChI=1S/C16H20N2O3S/c1-11-10-15(18-21-11)17-16(19)12(2)22-9-8-13-4-6-14(20-3)7-5-13/h4-7,10,12H,8-9H2,1-3H3,(H,17,18,19)/t12-/m0/s1. The monoisotopic (exact) mass is 320 g/mol. The van der Waals surface area contributed by atoms with Crippen molar-refractivity contribution in [2.45, 2.75) is 25.5 Å². The fraction of sp³-hybridized carbons (Fsp3) is 0.375. The van der Waals surface area contributed by atoms with Crippen LogP contribution in [-0.2, 0) is 11.2 Å². The van der Waals surface area contributed by atoms with Gasteiger partial charge in [0.05, 0.1) is 12.4 Å². The highest BCUT2D eigenvalue weighted by Gasteiger charge is 2.14. The van der Waals surface area contributed by atoms with E-state index in [-0.39, 0.29) is 11.2 Å². The van der Waals surface area contributed by atoms with E-state index in [1.54, 1.807) is 31.9 Å². The molecule has 0 unspecified atom stereocenters. The molecule has 22 heavy (non-hydrogen) atoms. The summed E-state index contributed by atoms with van der Waals surface area (Å²) in [6.07, 6.45) is 0.912.